The van der Waals surface area contributed by atoms with Gasteiger partial charge in [0.1, 0.15) is 17.9 Å². The number of nitrogens with one attached hydrogen (secondary N) is 2. The minimum atomic E-state index is -0.715. The molecule has 1 aliphatic rings. The lowest BCUT2D eigenvalue weighted by Gasteiger charge is -2.23. The average Bonchev–Trinajstić information content (AvgIpc) is 2.92. The van der Waals surface area contributed by atoms with Gasteiger partial charge in [-0.3, -0.25) is 4.79 Å². The number of nitriles is 1. The predicted molar refractivity (Wildman–Crippen MR) is 81.8 cm³/mol. The average molecular weight is 325 g/mol. The van der Waals surface area contributed by atoms with Crippen molar-refractivity contribution in [2.75, 3.05) is 13.6 Å². The number of halogens is 2. The first-order valence-corrected chi connectivity index (χ1v) is 7.80. The Bertz CT molecular complexity index is 573. The lowest BCUT2D eigenvalue weighted by molar-refractivity contribution is -0.885. The second-order valence-corrected chi connectivity index (χ2v) is 6.37. The maximum Gasteiger partial charge on any atom is 0.276 e. The topological polar surface area (TPSA) is 57.3 Å². The molecule has 0 spiro atoms. The number of hydrogen-bond donors (Lipinski definition) is 2. The zero-order valence-electron chi connectivity index (χ0n) is 12.6. The van der Waals surface area contributed by atoms with Crippen LogP contribution in [0.2, 0.25) is 5.02 Å². The van der Waals surface area contributed by atoms with Crippen LogP contribution in [-0.2, 0) is 11.3 Å². The predicted octanol–water partition coefficient (Wildman–Crippen LogP) is 1.45. The Kier molecular flexibility index (Phi) is 5.38. The van der Waals surface area contributed by atoms with Crippen LogP contribution in [0, 0.1) is 17.1 Å². The molecule has 1 amide bonds. The van der Waals surface area contributed by atoms with Crippen LogP contribution in [0.5, 0.6) is 0 Å². The van der Waals surface area contributed by atoms with Crippen LogP contribution < -0.4 is 10.2 Å². The molecule has 1 unspecified atom stereocenters. The number of hydrogen-bond acceptors (Lipinski definition) is 2. The monoisotopic (exact) mass is 324 g/mol. The molecule has 4 nitrogen and oxygen atoms in total. The SMILES string of the molecule is C[NH+](CC(=O)NC1(C#N)CCCC1)Cc1c(F)cccc1Cl. The van der Waals surface area contributed by atoms with E-state index in [9.17, 15) is 14.4 Å². The molecule has 0 bridgehead atoms. The van der Waals surface area contributed by atoms with E-state index in [2.05, 4.69) is 11.4 Å². The maximum absolute atomic E-state index is 13.8. The summed E-state index contributed by atoms with van der Waals surface area (Å²) in [7, 11) is 1.80. The molecule has 2 rings (SSSR count). The Morgan fingerprint density at radius 3 is 2.77 bits per heavy atom. The molecule has 0 aliphatic heterocycles. The molecule has 2 N–H and O–H groups in total. The van der Waals surface area contributed by atoms with Gasteiger partial charge in [0.2, 0.25) is 0 Å². The lowest BCUT2D eigenvalue weighted by atomic mass is 10.00. The Balaban J connectivity index is 1.93. The highest BCUT2D eigenvalue weighted by Gasteiger charge is 2.35. The number of likely N-dealkylation sites (N-methyl/N-ethyl adjacent to an activating group) is 1. The van der Waals surface area contributed by atoms with Crippen molar-refractivity contribution in [1.82, 2.24) is 5.32 Å². The van der Waals surface area contributed by atoms with E-state index in [1.165, 1.54) is 6.07 Å². The summed E-state index contributed by atoms with van der Waals surface area (Å²) in [6.07, 6.45) is 3.32. The largest absolute Gasteiger partial charge is 0.333 e. The van der Waals surface area contributed by atoms with E-state index in [0.29, 0.717) is 30.0 Å². The third-order valence-electron chi connectivity index (χ3n) is 4.05. The van der Waals surface area contributed by atoms with Gasteiger partial charge in [-0.1, -0.05) is 17.7 Å². The van der Waals surface area contributed by atoms with Crippen molar-refractivity contribution in [3.63, 3.8) is 0 Å². The molecule has 22 heavy (non-hydrogen) atoms. The van der Waals surface area contributed by atoms with Gasteiger partial charge >= 0.3 is 0 Å². The molecule has 0 aromatic heterocycles. The molecular weight excluding hydrogens is 305 g/mol. The van der Waals surface area contributed by atoms with Gasteiger partial charge in [-0.15, -0.1) is 0 Å². The van der Waals surface area contributed by atoms with Crippen LogP contribution in [0.1, 0.15) is 31.2 Å². The maximum atomic E-state index is 13.8. The summed E-state index contributed by atoms with van der Waals surface area (Å²) in [5.41, 5.74) is -0.308. The summed E-state index contributed by atoms with van der Waals surface area (Å²) >= 11 is 6.00. The van der Waals surface area contributed by atoms with Crippen molar-refractivity contribution >= 4 is 17.5 Å². The Labute approximate surface area is 134 Å². The van der Waals surface area contributed by atoms with E-state index >= 15 is 0 Å². The van der Waals surface area contributed by atoms with Crippen LogP contribution in [0.25, 0.3) is 0 Å². The van der Waals surface area contributed by atoms with Crippen molar-refractivity contribution < 1.29 is 14.1 Å². The number of benzene rings is 1. The highest BCUT2D eigenvalue weighted by Crippen LogP contribution is 2.28. The summed E-state index contributed by atoms with van der Waals surface area (Å²) in [6.45, 7) is 0.493. The van der Waals surface area contributed by atoms with E-state index < -0.39 is 5.54 Å². The lowest BCUT2D eigenvalue weighted by Crippen LogP contribution is -3.09. The molecule has 1 aromatic rings. The van der Waals surface area contributed by atoms with E-state index in [1.54, 1.807) is 19.2 Å². The highest BCUT2D eigenvalue weighted by molar-refractivity contribution is 6.31. The highest BCUT2D eigenvalue weighted by atomic mass is 35.5. The van der Waals surface area contributed by atoms with Crippen molar-refractivity contribution in [1.29, 1.82) is 5.26 Å². The molecule has 1 saturated carbocycles. The number of nitrogens with zero attached hydrogens (tertiary/aromatic N) is 1. The number of amides is 1. The van der Waals surface area contributed by atoms with Crippen LogP contribution in [0.3, 0.4) is 0 Å². The number of carbonyl (C=O) groups excluding carboxylic acids is 1. The summed E-state index contributed by atoms with van der Waals surface area (Å²) in [5, 5.41) is 12.5. The standard InChI is InChI=1S/C16H19ClFN3O/c1-21(9-12-13(17)5-4-6-14(12)18)10-15(22)20-16(11-19)7-2-3-8-16/h4-6H,2-3,7-10H2,1H3,(H,20,22)/p+1. The van der Waals surface area contributed by atoms with E-state index in [0.717, 1.165) is 17.7 Å². The first kappa shape index (κ1) is 16.7. The normalized spacial score (nSPS) is 17.7. The fourth-order valence-corrected chi connectivity index (χ4v) is 3.12. The molecule has 1 atom stereocenters. The smallest absolute Gasteiger partial charge is 0.276 e. The van der Waals surface area contributed by atoms with Crippen molar-refractivity contribution in [3.05, 3.63) is 34.6 Å². The fourth-order valence-electron chi connectivity index (χ4n) is 2.89. The van der Waals surface area contributed by atoms with E-state index in [1.807, 2.05) is 0 Å². The minimum absolute atomic E-state index is 0.175. The van der Waals surface area contributed by atoms with Gasteiger partial charge in [0, 0.05) is 0 Å². The van der Waals surface area contributed by atoms with Gasteiger partial charge < -0.3 is 10.2 Å². The molecule has 1 aliphatic carbocycles. The Morgan fingerprint density at radius 2 is 2.18 bits per heavy atom. The van der Waals surface area contributed by atoms with Gasteiger partial charge in [0.05, 0.1) is 23.7 Å². The Morgan fingerprint density at radius 1 is 1.50 bits per heavy atom. The van der Waals surface area contributed by atoms with E-state index in [4.69, 9.17) is 11.6 Å². The van der Waals surface area contributed by atoms with Crippen molar-refractivity contribution in [3.8, 4) is 6.07 Å². The molecule has 0 radical (unpaired) electrons. The zero-order chi connectivity index (χ0) is 16.2. The quantitative estimate of drug-likeness (QED) is 0.861. The van der Waals surface area contributed by atoms with Crippen LogP contribution in [0.15, 0.2) is 18.2 Å². The number of quaternary nitrogens is 1. The number of carbonyl (C=O) groups is 1. The third kappa shape index (κ3) is 3.96. The molecule has 1 aromatic carbocycles. The zero-order valence-corrected chi connectivity index (χ0v) is 13.3. The molecule has 0 saturated heterocycles. The van der Waals surface area contributed by atoms with E-state index in [-0.39, 0.29) is 18.3 Å². The van der Waals surface area contributed by atoms with Gasteiger partial charge in [0.15, 0.2) is 6.54 Å². The minimum Gasteiger partial charge on any atom is -0.333 e. The van der Waals surface area contributed by atoms with Crippen molar-refractivity contribution in [2.24, 2.45) is 0 Å². The molecule has 1 fully saturated rings. The van der Waals surface area contributed by atoms with Gasteiger partial charge in [0.25, 0.3) is 5.91 Å². The van der Waals surface area contributed by atoms with Crippen molar-refractivity contribution in [2.45, 2.75) is 37.8 Å². The van der Waals surface area contributed by atoms with Crippen LogP contribution in [0.4, 0.5) is 4.39 Å². The van der Waals surface area contributed by atoms with Crippen LogP contribution >= 0.6 is 11.6 Å². The summed E-state index contributed by atoms with van der Waals surface area (Å²) in [6, 6.07) is 6.78. The van der Waals surface area contributed by atoms with Gasteiger partial charge in [-0.05, 0) is 37.8 Å². The third-order valence-corrected chi connectivity index (χ3v) is 4.41. The first-order valence-electron chi connectivity index (χ1n) is 7.42. The van der Waals surface area contributed by atoms with Crippen LogP contribution in [-0.4, -0.2) is 25.0 Å². The van der Waals surface area contributed by atoms with Gasteiger partial charge in [-0.25, -0.2) is 4.39 Å². The number of rotatable bonds is 5. The summed E-state index contributed by atoms with van der Waals surface area (Å²) in [4.78, 5) is 12.9. The van der Waals surface area contributed by atoms with Gasteiger partial charge in [-0.2, -0.15) is 5.26 Å². The summed E-state index contributed by atoms with van der Waals surface area (Å²) in [5.74, 6) is -0.551. The molecule has 118 valence electrons. The fraction of sp³-hybridized carbons (Fsp3) is 0.500. The second-order valence-electron chi connectivity index (χ2n) is 5.96. The molecule has 6 heteroatoms. The second kappa shape index (κ2) is 7.08. The Hall–Kier alpha value is -1.64. The summed E-state index contributed by atoms with van der Waals surface area (Å²) < 4.78 is 13.8. The first-order chi connectivity index (χ1) is 10.5. The molecule has 0 heterocycles. The molecular formula is C16H20ClFN3O+.